The second-order valence-electron chi connectivity index (χ2n) is 9.46. The number of carboxylic acids is 1. The van der Waals surface area contributed by atoms with Gasteiger partial charge in [0.05, 0.1) is 17.6 Å². The molecule has 204 valence electrons. The van der Waals surface area contributed by atoms with Crippen molar-refractivity contribution in [3.63, 3.8) is 0 Å². The minimum absolute atomic E-state index is 0.0350. The number of benzene rings is 3. The van der Waals surface area contributed by atoms with Crippen molar-refractivity contribution in [2.75, 3.05) is 11.3 Å². The Morgan fingerprint density at radius 3 is 2.42 bits per heavy atom. The molecule has 0 saturated heterocycles. The molecular formula is C30H37NO6S. The number of carboxylic acid groups (broad SMARTS) is 1. The molecule has 1 aliphatic rings. The van der Waals surface area contributed by atoms with Gasteiger partial charge >= 0.3 is 5.97 Å². The van der Waals surface area contributed by atoms with E-state index in [0.29, 0.717) is 30.9 Å². The molecule has 38 heavy (non-hydrogen) atoms. The predicted molar refractivity (Wildman–Crippen MR) is 149 cm³/mol. The Balaban J connectivity index is 0.00000127. The van der Waals surface area contributed by atoms with Crippen molar-refractivity contribution in [2.24, 2.45) is 5.92 Å². The zero-order valence-electron chi connectivity index (χ0n) is 21.9. The van der Waals surface area contributed by atoms with Gasteiger partial charge in [0.25, 0.3) is 10.0 Å². The third-order valence-electron chi connectivity index (χ3n) is 6.21. The van der Waals surface area contributed by atoms with Crippen molar-refractivity contribution in [2.45, 2.75) is 62.9 Å². The second kappa shape index (κ2) is 14.0. The fourth-order valence-corrected chi connectivity index (χ4v) is 5.34. The monoisotopic (exact) mass is 539 g/mol. The number of hydrogen-bond donors (Lipinski definition) is 3. The van der Waals surface area contributed by atoms with Crippen molar-refractivity contribution < 1.29 is 28.2 Å². The molecule has 7 nitrogen and oxygen atoms in total. The highest BCUT2D eigenvalue weighted by Gasteiger charge is 2.43. The molecule has 3 aromatic carbocycles. The molecule has 3 N–H and O–H groups in total. The number of ether oxygens (including phenoxy) is 1. The van der Waals surface area contributed by atoms with Gasteiger partial charge in [-0.25, -0.2) is 8.42 Å². The molecule has 4 rings (SSSR count). The first-order valence-corrected chi connectivity index (χ1v) is 14.5. The van der Waals surface area contributed by atoms with Crippen LogP contribution >= 0.6 is 0 Å². The Bertz CT molecular complexity index is 1280. The quantitative estimate of drug-likeness (QED) is 0.266. The topological polar surface area (TPSA) is 113 Å². The number of carbonyl (C=O) groups is 1. The second-order valence-corrected chi connectivity index (χ2v) is 11.1. The molecule has 0 heterocycles. The van der Waals surface area contributed by atoms with Crippen LogP contribution in [0, 0.1) is 5.92 Å². The third kappa shape index (κ3) is 8.60. The Labute approximate surface area is 225 Å². The number of rotatable bonds is 12. The summed E-state index contributed by atoms with van der Waals surface area (Å²) in [5.41, 5.74) is 2.32. The summed E-state index contributed by atoms with van der Waals surface area (Å²) < 4.78 is 33.7. The first kappa shape index (κ1) is 29.2. The molecule has 1 aliphatic carbocycles. The van der Waals surface area contributed by atoms with E-state index in [4.69, 9.17) is 9.84 Å². The zero-order valence-corrected chi connectivity index (χ0v) is 22.7. The summed E-state index contributed by atoms with van der Waals surface area (Å²) >= 11 is 0. The summed E-state index contributed by atoms with van der Waals surface area (Å²) in [5, 5.41) is 19.6. The summed E-state index contributed by atoms with van der Waals surface area (Å²) in [5.74, 6) is 0.0366. The van der Waals surface area contributed by atoms with Gasteiger partial charge in [-0.05, 0) is 66.1 Å². The third-order valence-corrected chi connectivity index (χ3v) is 7.60. The van der Waals surface area contributed by atoms with Crippen molar-refractivity contribution in [1.82, 2.24) is 0 Å². The molecule has 0 spiro atoms. The predicted octanol–water partition coefficient (Wildman–Crippen LogP) is 5.85. The van der Waals surface area contributed by atoms with E-state index in [1.165, 1.54) is 6.42 Å². The van der Waals surface area contributed by atoms with Crippen LogP contribution in [0.15, 0.2) is 83.8 Å². The summed E-state index contributed by atoms with van der Waals surface area (Å²) in [6, 6.07) is 22.9. The molecule has 0 bridgehead atoms. The van der Waals surface area contributed by atoms with Gasteiger partial charge in [-0.1, -0.05) is 68.8 Å². The zero-order chi connectivity index (χ0) is 27.5. The van der Waals surface area contributed by atoms with Gasteiger partial charge in [0.15, 0.2) is 0 Å². The fourth-order valence-electron chi connectivity index (χ4n) is 4.27. The Morgan fingerprint density at radius 2 is 1.71 bits per heavy atom. The van der Waals surface area contributed by atoms with Crippen molar-refractivity contribution in [3.8, 4) is 5.75 Å². The standard InChI is InChI=1S/C27H29NO6S.C3H8/c29-25(15-16-34-26-12-5-4-7-19(26)13-14-27(30)31)24-18-23(24)20-8-6-9-21(17-20)28-35(32,33)22-10-2-1-3-11-22;1-3-2/h1-12,17,23-25,28-29H,13-16,18H2,(H,30,31);3H2,1-2H3. The minimum atomic E-state index is -3.66. The van der Waals surface area contributed by atoms with Crippen LogP contribution in [0.4, 0.5) is 5.69 Å². The largest absolute Gasteiger partial charge is 0.493 e. The van der Waals surface area contributed by atoms with Crippen molar-refractivity contribution in [3.05, 3.63) is 90.0 Å². The number of aliphatic hydroxyl groups is 1. The summed E-state index contributed by atoms with van der Waals surface area (Å²) in [7, 11) is -3.66. The van der Waals surface area contributed by atoms with E-state index in [9.17, 15) is 18.3 Å². The van der Waals surface area contributed by atoms with Gasteiger partial charge in [-0.2, -0.15) is 0 Å². The minimum Gasteiger partial charge on any atom is -0.493 e. The lowest BCUT2D eigenvalue weighted by molar-refractivity contribution is -0.136. The maximum Gasteiger partial charge on any atom is 0.303 e. The maximum absolute atomic E-state index is 12.6. The number of aliphatic carboxylic acids is 1. The van der Waals surface area contributed by atoms with Crippen molar-refractivity contribution >= 4 is 21.7 Å². The lowest BCUT2D eigenvalue weighted by Gasteiger charge is -2.14. The molecule has 3 aromatic rings. The molecule has 8 heteroatoms. The van der Waals surface area contributed by atoms with Gasteiger partial charge < -0.3 is 14.9 Å². The number of sulfonamides is 1. The van der Waals surface area contributed by atoms with Crippen LogP contribution in [0.25, 0.3) is 0 Å². The highest BCUT2D eigenvalue weighted by Crippen LogP contribution is 2.50. The van der Waals surface area contributed by atoms with E-state index >= 15 is 0 Å². The number of anilines is 1. The van der Waals surface area contributed by atoms with Crippen LogP contribution in [-0.2, 0) is 21.2 Å². The van der Waals surface area contributed by atoms with Crippen LogP contribution in [0.5, 0.6) is 5.75 Å². The SMILES string of the molecule is CCC.O=C(O)CCc1ccccc1OCCC(O)C1CC1c1cccc(NS(=O)(=O)c2ccccc2)c1. The Hall–Kier alpha value is -3.36. The van der Waals surface area contributed by atoms with Crippen LogP contribution in [0.2, 0.25) is 0 Å². The molecule has 1 saturated carbocycles. The maximum atomic E-state index is 12.6. The summed E-state index contributed by atoms with van der Waals surface area (Å²) in [6.07, 6.45) is 2.41. The van der Waals surface area contributed by atoms with E-state index in [0.717, 1.165) is 17.5 Å². The van der Waals surface area contributed by atoms with Gasteiger partial charge in [0, 0.05) is 18.5 Å². The number of para-hydroxylation sites is 1. The van der Waals surface area contributed by atoms with Gasteiger partial charge in [-0.3, -0.25) is 9.52 Å². The molecule has 3 unspecified atom stereocenters. The lowest BCUT2D eigenvalue weighted by atomic mass is 10.0. The summed E-state index contributed by atoms with van der Waals surface area (Å²) in [6.45, 7) is 4.57. The van der Waals surface area contributed by atoms with Gasteiger partial charge in [0.1, 0.15) is 5.75 Å². The fraction of sp³-hybridized carbons (Fsp3) is 0.367. The first-order chi connectivity index (χ1) is 18.2. The first-order valence-electron chi connectivity index (χ1n) is 13.0. The Morgan fingerprint density at radius 1 is 1.03 bits per heavy atom. The van der Waals surface area contributed by atoms with Gasteiger partial charge in [-0.15, -0.1) is 0 Å². The molecule has 0 radical (unpaired) electrons. The number of nitrogens with one attached hydrogen (secondary N) is 1. The number of hydrogen-bond acceptors (Lipinski definition) is 5. The van der Waals surface area contributed by atoms with Crippen LogP contribution in [0.1, 0.15) is 56.6 Å². The van der Waals surface area contributed by atoms with E-state index in [1.807, 2.05) is 42.5 Å². The van der Waals surface area contributed by atoms with Crippen molar-refractivity contribution in [1.29, 1.82) is 0 Å². The molecule has 0 aromatic heterocycles. The van der Waals surface area contributed by atoms with E-state index in [2.05, 4.69) is 18.6 Å². The molecule has 1 fully saturated rings. The van der Waals surface area contributed by atoms with Gasteiger partial charge in [0.2, 0.25) is 0 Å². The Kier molecular flexibility index (Phi) is 10.7. The average molecular weight is 540 g/mol. The number of aliphatic hydroxyl groups excluding tert-OH is 1. The normalized spacial score (nSPS) is 17.0. The molecule has 3 atom stereocenters. The highest BCUT2D eigenvalue weighted by atomic mass is 32.2. The molecule has 0 aliphatic heterocycles. The van der Waals surface area contributed by atoms with Crippen LogP contribution < -0.4 is 9.46 Å². The van der Waals surface area contributed by atoms with E-state index in [1.54, 1.807) is 36.4 Å². The highest BCUT2D eigenvalue weighted by molar-refractivity contribution is 7.92. The van der Waals surface area contributed by atoms with E-state index < -0.39 is 22.1 Å². The van der Waals surface area contributed by atoms with E-state index in [-0.39, 0.29) is 23.2 Å². The van der Waals surface area contributed by atoms with Crippen LogP contribution in [-0.4, -0.2) is 37.3 Å². The molecular weight excluding hydrogens is 502 g/mol. The average Bonchev–Trinajstić information content (AvgIpc) is 3.70. The lowest BCUT2D eigenvalue weighted by Crippen LogP contribution is -2.15. The summed E-state index contributed by atoms with van der Waals surface area (Å²) in [4.78, 5) is 11.1. The smallest absolute Gasteiger partial charge is 0.303 e. The number of aryl methyl sites for hydroxylation is 1. The van der Waals surface area contributed by atoms with Crippen LogP contribution in [0.3, 0.4) is 0 Å². The molecule has 0 amide bonds.